The minimum absolute atomic E-state index is 0.242. The molecule has 3 nitrogen and oxygen atoms in total. The molecule has 1 heterocycles. The number of carboxylic acid groups (broad SMARTS) is 1. The van der Waals surface area contributed by atoms with Gasteiger partial charge in [0, 0.05) is 0 Å². The standard InChI is InChI=1S/C6H6BrNO2/c1-3-2-4(7)8-5(3)6(9)10/h2,8H,1H3,(H,9,10). The highest BCUT2D eigenvalue weighted by Gasteiger charge is 2.08. The molecule has 1 aromatic heterocycles. The first-order chi connectivity index (χ1) is 4.61. The summed E-state index contributed by atoms with van der Waals surface area (Å²) < 4.78 is 0.697. The van der Waals surface area contributed by atoms with Gasteiger partial charge in [0.1, 0.15) is 5.69 Å². The summed E-state index contributed by atoms with van der Waals surface area (Å²) in [6.07, 6.45) is 0. The van der Waals surface area contributed by atoms with Gasteiger partial charge in [0.05, 0.1) is 4.60 Å². The van der Waals surface area contributed by atoms with E-state index in [2.05, 4.69) is 20.9 Å². The van der Waals surface area contributed by atoms with Crippen molar-refractivity contribution in [1.29, 1.82) is 0 Å². The number of halogens is 1. The van der Waals surface area contributed by atoms with Gasteiger partial charge in [-0.3, -0.25) is 0 Å². The van der Waals surface area contributed by atoms with Crippen molar-refractivity contribution >= 4 is 21.9 Å². The quantitative estimate of drug-likeness (QED) is 0.732. The van der Waals surface area contributed by atoms with E-state index in [0.29, 0.717) is 4.60 Å². The highest BCUT2D eigenvalue weighted by atomic mass is 79.9. The van der Waals surface area contributed by atoms with E-state index in [-0.39, 0.29) is 5.69 Å². The summed E-state index contributed by atoms with van der Waals surface area (Å²) in [5.41, 5.74) is 0.978. The molecule has 0 aliphatic carbocycles. The van der Waals surface area contributed by atoms with E-state index in [1.165, 1.54) is 0 Å². The van der Waals surface area contributed by atoms with Gasteiger partial charge in [-0.05, 0) is 34.5 Å². The third-order valence-corrected chi connectivity index (χ3v) is 1.62. The summed E-state index contributed by atoms with van der Waals surface area (Å²) in [7, 11) is 0. The maximum atomic E-state index is 10.4. The number of carbonyl (C=O) groups is 1. The summed E-state index contributed by atoms with van der Waals surface area (Å²) in [4.78, 5) is 13.0. The van der Waals surface area contributed by atoms with Gasteiger partial charge >= 0.3 is 5.97 Å². The van der Waals surface area contributed by atoms with E-state index in [0.717, 1.165) is 5.56 Å². The summed E-state index contributed by atoms with van der Waals surface area (Å²) in [5.74, 6) is -0.928. The fourth-order valence-corrected chi connectivity index (χ4v) is 1.28. The summed E-state index contributed by atoms with van der Waals surface area (Å²) >= 11 is 3.13. The van der Waals surface area contributed by atoms with Crippen molar-refractivity contribution < 1.29 is 9.90 Å². The molecule has 0 radical (unpaired) electrons. The molecule has 2 N–H and O–H groups in total. The first kappa shape index (κ1) is 7.34. The number of H-pyrrole nitrogens is 1. The zero-order valence-electron chi connectivity index (χ0n) is 5.31. The molecule has 1 aromatic rings. The zero-order chi connectivity index (χ0) is 7.72. The molecule has 0 saturated heterocycles. The molecular formula is C6H6BrNO2. The van der Waals surface area contributed by atoms with Crippen molar-refractivity contribution in [1.82, 2.24) is 4.98 Å². The third-order valence-electron chi connectivity index (χ3n) is 1.20. The number of carboxylic acids is 1. The molecule has 0 spiro atoms. The maximum Gasteiger partial charge on any atom is 0.352 e. The number of rotatable bonds is 1. The Hall–Kier alpha value is -0.770. The van der Waals surface area contributed by atoms with Gasteiger partial charge in [0.2, 0.25) is 0 Å². The molecule has 54 valence electrons. The minimum atomic E-state index is -0.928. The van der Waals surface area contributed by atoms with E-state index >= 15 is 0 Å². The average molecular weight is 204 g/mol. The van der Waals surface area contributed by atoms with E-state index < -0.39 is 5.97 Å². The molecule has 0 saturated carbocycles. The Kier molecular flexibility index (Phi) is 1.80. The predicted molar refractivity (Wildman–Crippen MR) is 40.2 cm³/mol. The maximum absolute atomic E-state index is 10.4. The van der Waals surface area contributed by atoms with Crippen molar-refractivity contribution in [2.45, 2.75) is 6.92 Å². The molecule has 1 rings (SSSR count). The lowest BCUT2D eigenvalue weighted by atomic mass is 10.3. The highest BCUT2D eigenvalue weighted by molar-refractivity contribution is 9.10. The van der Waals surface area contributed by atoms with Crippen LogP contribution in [0, 0.1) is 6.92 Å². The van der Waals surface area contributed by atoms with E-state index in [1.807, 2.05) is 0 Å². The number of aromatic carboxylic acids is 1. The van der Waals surface area contributed by atoms with Crippen LogP contribution < -0.4 is 0 Å². The SMILES string of the molecule is Cc1cc(Br)[nH]c1C(=O)O. The molecular weight excluding hydrogens is 198 g/mol. The second-order valence-electron chi connectivity index (χ2n) is 1.98. The Balaban J connectivity index is 3.15. The van der Waals surface area contributed by atoms with Crippen molar-refractivity contribution in [2.75, 3.05) is 0 Å². The molecule has 0 bridgehead atoms. The Morgan fingerprint density at radius 3 is 2.60 bits per heavy atom. The van der Waals surface area contributed by atoms with Crippen LogP contribution in [-0.2, 0) is 0 Å². The lowest BCUT2D eigenvalue weighted by Gasteiger charge is -1.87. The predicted octanol–water partition coefficient (Wildman–Crippen LogP) is 1.78. The second-order valence-corrected chi connectivity index (χ2v) is 2.83. The third kappa shape index (κ3) is 1.21. The number of aromatic nitrogens is 1. The van der Waals surface area contributed by atoms with Gasteiger partial charge in [0.15, 0.2) is 0 Å². The molecule has 0 atom stereocenters. The van der Waals surface area contributed by atoms with Crippen LogP contribution in [0.4, 0.5) is 0 Å². The second kappa shape index (κ2) is 2.46. The monoisotopic (exact) mass is 203 g/mol. The van der Waals surface area contributed by atoms with E-state index in [9.17, 15) is 4.79 Å². The highest BCUT2D eigenvalue weighted by Crippen LogP contribution is 2.14. The lowest BCUT2D eigenvalue weighted by molar-refractivity contribution is 0.0690. The fraction of sp³-hybridized carbons (Fsp3) is 0.167. The van der Waals surface area contributed by atoms with Crippen molar-refractivity contribution in [3.05, 3.63) is 21.9 Å². The largest absolute Gasteiger partial charge is 0.477 e. The van der Waals surface area contributed by atoms with Gasteiger partial charge in [-0.15, -0.1) is 0 Å². The van der Waals surface area contributed by atoms with Gasteiger partial charge < -0.3 is 10.1 Å². The average Bonchev–Trinajstić information content (AvgIpc) is 2.10. The first-order valence-electron chi connectivity index (χ1n) is 2.69. The van der Waals surface area contributed by atoms with Gasteiger partial charge in [0.25, 0.3) is 0 Å². The molecule has 4 heteroatoms. The van der Waals surface area contributed by atoms with Crippen LogP contribution in [0.3, 0.4) is 0 Å². The van der Waals surface area contributed by atoms with Crippen molar-refractivity contribution in [2.24, 2.45) is 0 Å². The minimum Gasteiger partial charge on any atom is -0.477 e. The van der Waals surface area contributed by atoms with Crippen molar-refractivity contribution in [3.63, 3.8) is 0 Å². The Morgan fingerprint density at radius 1 is 1.80 bits per heavy atom. The van der Waals surface area contributed by atoms with E-state index in [4.69, 9.17) is 5.11 Å². The van der Waals surface area contributed by atoms with Gasteiger partial charge in [-0.25, -0.2) is 4.79 Å². The Bertz CT molecular complexity index is 267. The van der Waals surface area contributed by atoms with E-state index in [1.54, 1.807) is 13.0 Å². The first-order valence-corrected chi connectivity index (χ1v) is 3.49. The number of aromatic amines is 1. The van der Waals surface area contributed by atoms with Crippen LogP contribution >= 0.6 is 15.9 Å². The number of hydrogen-bond donors (Lipinski definition) is 2. The van der Waals surface area contributed by atoms with Gasteiger partial charge in [-0.1, -0.05) is 0 Å². The van der Waals surface area contributed by atoms with Crippen LogP contribution in [0.5, 0.6) is 0 Å². The molecule has 0 unspecified atom stereocenters. The number of aryl methyl sites for hydroxylation is 1. The molecule has 0 aliphatic heterocycles. The Morgan fingerprint density at radius 2 is 2.40 bits per heavy atom. The van der Waals surface area contributed by atoms with Crippen LogP contribution in [-0.4, -0.2) is 16.1 Å². The zero-order valence-corrected chi connectivity index (χ0v) is 6.90. The van der Waals surface area contributed by atoms with Gasteiger partial charge in [-0.2, -0.15) is 0 Å². The summed E-state index contributed by atoms with van der Waals surface area (Å²) in [5, 5.41) is 8.53. The normalized spacial score (nSPS) is 9.80. The lowest BCUT2D eigenvalue weighted by Crippen LogP contribution is -1.97. The molecule has 10 heavy (non-hydrogen) atoms. The summed E-state index contributed by atoms with van der Waals surface area (Å²) in [6, 6.07) is 1.73. The number of nitrogens with one attached hydrogen (secondary N) is 1. The molecule has 0 amide bonds. The topological polar surface area (TPSA) is 53.1 Å². The van der Waals surface area contributed by atoms with Crippen LogP contribution in [0.25, 0.3) is 0 Å². The fourth-order valence-electron chi connectivity index (χ4n) is 0.738. The van der Waals surface area contributed by atoms with Crippen LogP contribution in [0.2, 0.25) is 0 Å². The van der Waals surface area contributed by atoms with Crippen molar-refractivity contribution in [3.8, 4) is 0 Å². The number of hydrogen-bond acceptors (Lipinski definition) is 1. The summed E-state index contributed by atoms with van der Waals surface area (Å²) in [6.45, 7) is 1.74. The molecule has 0 aromatic carbocycles. The molecule has 0 fully saturated rings. The smallest absolute Gasteiger partial charge is 0.352 e. The van der Waals surface area contributed by atoms with Crippen LogP contribution in [0.1, 0.15) is 16.1 Å². The Labute approximate surface area is 66.2 Å². The molecule has 0 aliphatic rings. The van der Waals surface area contributed by atoms with Crippen LogP contribution in [0.15, 0.2) is 10.7 Å².